The van der Waals surface area contributed by atoms with E-state index in [4.69, 9.17) is 23.2 Å². The predicted octanol–water partition coefficient (Wildman–Crippen LogP) is 1.75. The fraction of sp³-hybridized carbons (Fsp3) is 0.417. The van der Waals surface area contributed by atoms with Crippen LogP contribution in [0.25, 0.3) is 0 Å². The molecule has 5 heteroatoms. The van der Waals surface area contributed by atoms with Crippen molar-refractivity contribution in [2.24, 2.45) is 0 Å². The summed E-state index contributed by atoms with van der Waals surface area (Å²) in [5.41, 5.74) is 0.979. The summed E-state index contributed by atoms with van der Waals surface area (Å²) in [6.07, 6.45) is 0. The van der Waals surface area contributed by atoms with Gasteiger partial charge in [-0.05, 0) is 26.0 Å². The Balaban J connectivity index is 2.76. The average molecular weight is 276 g/mol. The first-order valence-electron chi connectivity index (χ1n) is 5.47. The van der Waals surface area contributed by atoms with Crippen LogP contribution in [0.1, 0.15) is 25.5 Å². The van der Waals surface area contributed by atoms with Gasteiger partial charge in [0.2, 0.25) is 0 Å². The van der Waals surface area contributed by atoms with Crippen molar-refractivity contribution in [3.8, 4) is 0 Å². The summed E-state index contributed by atoms with van der Waals surface area (Å²) in [4.78, 5) is 11.4. The highest BCUT2D eigenvalue weighted by Crippen LogP contribution is 2.24. The molecule has 0 aliphatic rings. The number of quaternary nitrogens is 1. The Kier molecular flexibility index (Phi) is 5.25. The molecular weight excluding hydrogens is 259 g/mol. The van der Waals surface area contributed by atoms with Gasteiger partial charge in [-0.3, -0.25) is 4.79 Å². The number of nitrogens with two attached hydrogens (primary N) is 1. The lowest BCUT2D eigenvalue weighted by atomic mass is 10.1. The van der Waals surface area contributed by atoms with Gasteiger partial charge in [-0.15, -0.1) is 0 Å². The van der Waals surface area contributed by atoms with Crippen LogP contribution in [-0.2, 0) is 4.79 Å². The van der Waals surface area contributed by atoms with E-state index in [1.165, 1.54) is 0 Å². The topological polar surface area (TPSA) is 45.7 Å². The molecule has 0 fully saturated rings. The normalized spacial score (nSPS) is 14.2. The summed E-state index contributed by atoms with van der Waals surface area (Å²) in [7, 11) is 1.63. The van der Waals surface area contributed by atoms with Crippen LogP contribution in [0.3, 0.4) is 0 Å². The molecular formula is C12H17Cl2N2O+. The molecule has 0 spiro atoms. The fourth-order valence-electron chi connectivity index (χ4n) is 1.72. The zero-order valence-corrected chi connectivity index (χ0v) is 11.6. The third kappa shape index (κ3) is 3.87. The molecule has 1 rings (SSSR count). The lowest BCUT2D eigenvalue weighted by Gasteiger charge is -2.17. The van der Waals surface area contributed by atoms with Gasteiger partial charge in [0.1, 0.15) is 6.04 Å². The Hall–Kier alpha value is -0.770. The molecule has 0 saturated heterocycles. The fourth-order valence-corrected chi connectivity index (χ4v) is 2.30. The van der Waals surface area contributed by atoms with Gasteiger partial charge in [-0.25, -0.2) is 0 Å². The Morgan fingerprint density at radius 1 is 1.35 bits per heavy atom. The summed E-state index contributed by atoms with van der Waals surface area (Å²) in [5.74, 6) is 0.00179. The van der Waals surface area contributed by atoms with E-state index >= 15 is 0 Å². The third-order valence-electron chi connectivity index (χ3n) is 2.69. The van der Waals surface area contributed by atoms with Crippen LogP contribution < -0.4 is 10.6 Å². The lowest BCUT2D eigenvalue weighted by Crippen LogP contribution is -2.92. The van der Waals surface area contributed by atoms with Gasteiger partial charge >= 0.3 is 0 Å². The molecule has 17 heavy (non-hydrogen) atoms. The standard InChI is InChI=1S/C12H16Cl2N2O/c1-7(16-8(2)12(17)15-3)10-5-4-9(13)6-11(10)14/h4-8,16H,1-3H3,(H,15,17)/p+1/t7-,8+/m1/s1. The monoisotopic (exact) mass is 275 g/mol. The SMILES string of the molecule is CNC(=O)[C@H](C)[NH2+][C@H](C)c1ccc(Cl)cc1Cl. The third-order valence-corrected chi connectivity index (χ3v) is 3.25. The summed E-state index contributed by atoms with van der Waals surface area (Å²) in [6, 6.07) is 5.36. The molecule has 1 aromatic rings. The first-order chi connectivity index (χ1) is 7.95. The van der Waals surface area contributed by atoms with Crippen LogP contribution in [0.5, 0.6) is 0 Å². The lowest BCUT2D eigenvalue weighted by molar-refractivity contribution is -0.710. The first-order valence-corrected chi connectivity index (χ1v) is 6.22. The second-order valence-corrected chi connectivity index (χ2v) is 4.89. The second-order valence-electron chi connectivity index (χ2n) is 4.05. The zero-order valence-electron chi connectivity index (χ0n) is 10.1. The Bertz CT molecular complexity index is 409. The Morgan fingerprint density at radius 3 is 2.53 bits per heavy atom. The van der Waals surface area contributed by atoms with Crippen molar-refractivity contribution >= 4 is 29.1 Å². The van der Waals surface area contributed by atoms with E-state index in [0.717, 1.165) is 5.56 Å². The van der Waals surface area contributed by atoms with Crippen molar-refractivity contribution < 1.29 is 10.1 Å². The maximum Gasteiger partial charge on any atom is 0.277 e. The molecule has 3 N–H and O–H groups in total. The summed E-state index contributed by atoms with van der Waals surface area (Å²) < 4.78 is 0. The maximum absolute atomic E-state index is 11.4. The van der Waals surface area contributed by atoms with Gasteiger partial charge in [-0.2, -0.15) is 0 Å². The van der Waals surface area contributed by atoms with E-state index in [0.29, 0.717) is 10.0 Å². The minimum absolute atomic E-state index is 0.00179. The largest absolute Gasteiger partial charge is 0.354 e. The van der Waals surface area contributed by atoms with Gasteiger partial charge in [-0.1, -0.05) is 29.3 Å². The molecule has 1 amide bonds. The average Bonchev–Trinajstić information content (AvgIpc) is 2.27. The van der Waals surface area contributed by atoms with Crippen LogP contribution in [0, 0.1) is 0 Å². The summed E-state index contributed by atoms with van der Waals surface area (Å²) in [5, 5.41) is 5.83. The number of amides is 1. The number of carbonyl (C=O) groups excluding carboxylic acids is 1. The van der Waals surface area contributed by atoms with Gasteiger partial charge in [0.15, 0.2) is 6.04 Å². The summed E-state index contributed by atoms with van der Waals surface area (Å²) >= 11 is 12.0. The van der Waals surface area contributed by atoms with Crippen molar-refractivity contribution in [2.45, 2.75) is 25.9 Å². The number of carbonyl (C=O) groups is 1. The molecule has 0 bridgehead atoms. The highest BCUT2D eigenvalue weighted by molar-refractivity contribution is 6.35. The second kappa shape index (κ2) is 6.24. The number of hydrogen-bond acceptors (Lipinski definition) is 1. The number of benzene rings is 1. The molecule has 1 aromatic carbocycles. The van der Waals surface area contributed by atoms with E-state index < -0.39 is 0 Å². The van der Waals surface area contributed by atoms with Gasteiger partial charge in [0, 0.05) is 17.6 Å². The smallest absolute Gasteiger partial charge is 0.277 e. The molecule has 0 unspecified atom stereocenters. The molecule has 0 heterocycles. The highest BCUT2D eigenvalue weighted by Gasteiger charge is 2.20. The van der Waals surface area contributed by atoms with E-state index in [1.807, 2.05) is 25.2 Å². The molecule has 94 valence electrons. The van der Waals surface area contributed by atoms with Crippen molar-refractivity contribution in [1.29, 1.82) is 0 Å². The Labute approximate surface area is 111 Å². The van der Waals surface area contributed by atoms with Crippen molar-refractivity contribution in [1.82, 2.24) is 5.32 Å². The quantitative estimate of drug-likeness (QED) is 0.864. The summed E-state index contributed by atoms with van der Waals surface area (Å²) in [6.45, 7) is 3.87. The number of rotatable bonds is 4. The molecule has 0 aliphatic heterocycles. The van der Waals surface area contributed by atoms with E-state index in [1.54, 1.807) is 19.2 Å². The molecule has 3 nitrogen and oxygen atoms in total. The van der Waals surface area contributed by atoms with Crippen molar-refractivity contribution in [2.75, 3.05) is 7.05 Å². The molecule has 0 aliphatic carbocycles. The number of likely N-dealkylation sites (N-methyl/N-ethyl adjacent to an activating group) is 1. The number of hydrogen-bond donors (Lipinski definition) is 2. The van der Waals surface area contributed by atoms with Crippen LogP contribution in [0.4, 0.5) is 0 Å². The van der Waals surface area contributed by atoms with Crippen LogP contribution >= 0.6 is 23.2 Å². The number of halogens is 2. The highest BCUT2D eigenvalue weighted by atomic mass is 35.5. The van der Waals surface area contributed by atoms with E-state index in [-0.39, 0.29) is 18.0 Å². The molecule has 0 aromatic heterocycles. The minimum Gasteiger partial charge on any atom is -0.354 e. The van der Waals surface area contributed by atoms with Crippen LogP contribution in [-0.4, -0.2) is 19.0 Å². The van der Waals surface area contributed by atoms with Crippen molar-refractivity contribution in [3.05, 3.63) is 33.8 Å². The van der Waals surface area contributed by atoms with E-state index in [2.05, 4.69) is 5.32 Å². The van der Waals surface area contributed by atoms with Crippen LogP contribution in [0.2, 0.25) is 10.0 Å². The molecule has 2 atom stereocenters. The van der Waals surface area contributed by atoms with Crippen molar-refractivity contribution in [3.63, 3.8) is 0 Å². The first kappa shape index (κ1) is 14.3. The minimum atomic E-state index is -0.151. The van der Waals surface area contributed by atoms with Gasteiger partial charge in [0.25, 0.3) is 5.91 Å². The van der Waals surface area contributed by atoms with Gasteiger partial charge < -0.3 is 10.6 Å². The van der Waals surface area contributed by atoms with Crippen LogP contribution in [0.15, 0.2) is 18.2 Å². The van der Waals surface area contributed by atoms with E-state index in [9.17, 15) is 4.79 Å². The molecule has 0 saturated carbocycles. The van der Waals surface area contributed by atoms with Gasteiger partial charge in [0.05, 0.1) is 5.02 Å². The Morgan fingerprint density at radius 2 is 2.00 bits per heavy atom. The maximum atomic E-state index is 11.4. The zero-order chi connectivity index (χ0) is 13.0. The predicted molar refractivity (Wildman–Crippen MR) is 70.3 cm³/mol. The molecule has 0 radical (unpaired) electrons. The number of nitrogens with one attached hydrogen (secondary N) is 1.